The average molecular weight is 571 g/mol. The van der Waals surface area contributed by atoms with E-state index in [1.54, 1.807) is 13.0 Å². The first-order valence-electron chi connectivity index (χ1n) is 14.8. The fourth-order valence-corrected chi connectivity index (χ4v) is 3.80. The average Bonchev–Trinajstić information content (AvgIpc) is 3.01. The molecule has 2 aromatic rings. The molecule has 8 N–H and O–H groups in total. The number of halogens is 1. The molecule has 0 radical (unpaired) electrons. The van der Waals surface area contributed by atoms with Gasteiger partial charge in [0.2, 0.25) is 0 Å². The summed E-state index contributed by atoms with van der Waals surface area (Å²) in [7, 11) is 0. The monoisotopic (exact) mass is 570 g/mol. The lowest BCUT2D eigenvalue weighted by molar-refractivity contribution is 0.353. The Morgan fingerprint density at radius 1 is 0.878 bits per heavy atom. The van der Waals surface area contributed by atoms with E-state index in [9.17, 15) is 4.39 Å². The summed E-state index contributed by atoms with van der Waals surface area (Å²) in [5, 5.41) is 11.4. The predicted molar refractivity (Wildman–Crippen MR) is 181 cm³/mol. The predicted octanol–water partition coefficient (Wildman–Crippen LogP) is 8.77. The van der Waals surface area contributed by atoms with Crippen LogP contribution in [0.25, 0.3) is 5.70 Å². The molecule has 1 atom stereocenters. The van der Waals surface area contributed by atoms with Gasteiger partial charge in [0.15, 0.2) is 5.95 Å². The summed E-state index contributed by atoms with van der Waals surface area (Å²) in [6, 6.07) is 13.8. The van der Waals surface area contributed by atoms with Crippen molar-refractivity contribution in [3.8, 4) is 0 Å². The topological polar surface area (TPSA) is 110 Å². The summed E-state index contributed by atoms with van der Waals surface area (Å²) in [5.74, 6) is -0.0946. The Morgan fingerprint density at radius 3 is 1.73 bits per heavy atom. The molecule has 41 heavy (non-hydrogen) atoms. The summed E-state index contributed by atoms with van der Waals surface area (Å²) >= 11 is 0. The Morgan fingerprint density at radius 2 is 1.37 bits per heavy atom. The van der Waals surface area contributed by atoms with Crippen molar-refractivity contribution in [3.63, 3.8) is 0 Å². The molecule has 0 saturated carbocycles. The van der Waals surface area contributed by atoms with Gasteiger partial charge in [0, 0.05) is 24.4 Å². The second-order valence-corrected chi connectivity index (χ2v) is 8.58. The lowest BCUT2D eigenvalue weighted by Gasteiger charge is -2.20. The number of nitrogens with two attached hydrogens (primary N) is 3. The van der Waals surface area contributed by atoms with Crippen LogP contribution in [0.3, 0.4) is 0 Å². The van der Waals surface area contributed by atoms with Crippen LogP contribution in [0.2, 0.25) is 0 Å². The van der Waals surface area contributed by atoms with Gasteiger partial charge < -0.3 is 27.6 Å². The molecule has 5 nitrogen and oxygen atoms in total. The Kier molecular flexibility index (Phi) is 26.3. The molecule has 2 aromatic carbocycles. The molecule has 0 aromatic heterocycles. The van der Waals surface area contributed by atoms with Gasteiger partial charge in [-0.15, -0.1) is 0 Å². The minimum absolute atomic E-state index is 0.0676. The molecule has 0 aliphatic carbocycles. The summed E-state index contributed by atoms with van der Waals surface area (Å²) in [4.78, 5) is 0. The smallest absolute Gasteiger partial charge is 0.187 e. The van der Waals surface area contributed by atoms with E-state index in [-0.39, 0.29) is 5.76 Å². The van der Waals surface area contributed by atoms with Crippen LogP contribution in [0.1, 0.15) is 103 Å². The van der Waals surface area contributed by atoms with Gasteiger partial charge in [0.1, 0.15) is 11.8 Å². The Hall–Kier alpha value is -3.35. The van der Waals surface area contributed by atoms with Crippen LogP contribution in [-0.2, 0) is 19.5 Å². The van der Waals surface area contributed by atoms with Crippen LogP contribution >= 0.6 is 0 Å². The van der Waals surface area contributed by atoms with Crippen molar-refractivity contribution in [1.29, 1.82) is 0 Å². The molecule has 0 spiro atoms. The number of benzene rings is 2. The zero-order valence-corrected chi connectivity index (χ0v) is 27.4. The quantitative estimate of drug-likeness (QED) is 0.176. The van der Waals surface area contributed by atoms with E-state index in [4.69, 9.17) is 22.3 Å². The van der Waals surface area contributed by atoms with Crippen molar-refractivity contribution in [2.75, 3.05) is 0 Å². The van der Waals surface area contributed by atoms with Crippen molar-refractivity contribution in [1.82, 2.24) is 5.32 Å². The zero-order valence-electron chi connectivity index (χ0n) is 27.4. The largest absolute Gasteiger partial charge is 0.510 e. The van der Waals surface area contributed by atoms with Crippen molar-refractivity contribution in [2.45, 2.75) is 101 Å². The molecule has 1 aliphatic rings. The van der Waals surface area contributed by atoms with Crippen LogP contribution in [0.5, 0.6) is 0 Å². The molecular weight excluding hydrogens is 511 g/mol. The number of hydrogen-bond acceptors (Lipinski definition) is 5. The van der Waals surface area contributed by atoms with E-state index in [1.165, 1.54) is 22.8 Å². The van der Waals surface area contributed by atoms with Gasteiger partial charge in [-0.3, -0.25) is 0 Å². The van der Waals surface area contributed by atoms with E-state index in [1.807, 2.05) is 65.8 Å². The van der Waals surface area contributed by atoms with Gasteiger partial charge in [0.05, 0.1) is 0 Å². The minimum Gasteiger partial charge on any atom is -0.510 e. The number of nitrogens with one attached hydrogen (secondary N) is 1. The normalized spacial score (nSPS) is 12.7. The second-order valence-electron chi connectivity index (χ2n) is 8.58. The molecule has 1 unspecified atom stereocenters. The first kappa shape index (κ1) is 42.1. The van der Waals surface area contributed by atoms with Crippen LogP contribution in [0, 0.1) is 0 Å². The molecule has 0 saturated heterocycles. The molecule has 1 aliphatic heterocycles. The highest BCUT2D eigenvalue weighted by Gasteiger charge is 2.17. The van der Waals surface area contributed by atoms with E-state index < -0.39 is 12.0 Å². The molecule has 0 bridgehead atoms. The minimum atomic E-state index is -0.472. The van der Waals surface area contributed by atoms with Crippen molar-refractivity contribution >= 4 is 5.70 Å². The second kappa shape index (κ2) is 25.6. The fourth-order valence-electron chi connectivity index (χ4n) is 3.80. The Bertz CT molecular complexity index is 1030. The number of aliphatic hydroxyl groups excluding tert-OH is 1. The van der Waals surface area contributed by atoms with Crippen LogP contribution in [-0.4, -0.2) is 11.1 Å². The Balaban J connectivity index is -0.000000488. The highest BCUT2D eigenvalue weighted by Crippen LogP contribution is 2.26. The maximum absolute atomic E-state index is 12.5. The highest BCUT2D eigenvalue weighted by molar-refractivity contribution is 5.65. The van der Waals surface area contributed by atoms with Gasteiger partial charge in [-0.1, -0.05) is 124 Å². The van der Waals surface area contributed by atoms with Crippen LogP contribution < -0.4 is 22.5 Å². The van der Waals surface area contributed by atoms with Crippen LogP contribution in [0.15, 0.2) is 85.1 Å². The SMILES string of the molecule is C=C(N)c1cccc(CN)c1C(C)C.C=C(O)C1NC(F)=CC=C1C.CC.CC.CC.CCc1ccccc1CN. The third kappa shape index (κ3) is 15.9. The van der Waals surface area contributed by atoms with Crippen molar-refractivity contribution in [3.05, 3.63) is 113 Å². The number of hydrogen-bond donors (Lipinski definition) is 5. The van der Waals surface area contributed by atoms with E-state index in [2.05, 4.69) is 57.4 Å². The Labute approximate surface area is 251 Å². The molecule has 0 amide bonds. The third-order valence-electron chi connectivity index (χ3n) is 5.62. The standard InChI is InChI=1S/C12H18N2.C9H13N.C8H10FNO.3C2H6/c1-8(2)12-10(7-13)5-4-6-11(12)9(3)14;1-2-8-5-3-4-6-9(8)7-10;1-5-3-4-7(9)10-8(5)6(2)11;3*1-2/h4-6,8H,3,7,13-14H2,1-2H3;3-6H,2,7,10H2,1H3;3-4,8,10-11H,2H2,1H3;3*1-2H3. The molecule has 1 heterocycles. The lowest BCUT2D eigenvalue weighted by atomic mass is 9.91. The zero-order chi connectivity index (χ0) is 32.5. The fraction of sp³-hybridized carbons (Fsp3) is 0.429. The highest BCUT2D eigenvalue weighted by atomic mass is 19.1. The van der Waals surface area contributed by atoms with Gasteiger partial charge in [-0.2, -0.15) is 4.39 Å². The van der Waals surface area contributed by atoms with Crippen LogP contribution in [0.4, 0.5) is 4.39 Å². The van der Waals surface area contributed by atoms with Gasteiger partial charge >= 0.3 is 0 Å². The maximum atomic E-state index is 12.5. The van der Waals surface area contributed by atoms with Gasteiger partial charge in [0.25, 0.3) is 0 Å². The number of aliphatic hydroxyl groups is 1. The number of rotatable bonds is 6. The summed E-state index contributed by atoms with van der Waals surface area (Å²) in [6.45, 7) is 28.5. The molecule has 6 heteroatoms. The summed E-state index contributed by atoms with van der Waals surface area (Å²) in [6.07, 6.45) is 4.00. The van der Waals surface area contributed by atoms with E-state index >= 15 is 0 Å². The molecular formula is C35H59FN4O. The summed E-state index contributed by atoms with van der Waals surface area (Å²) in [5.41, 5.74) is 24.5. The van der Waals surface area contributed by atoms with Crippen molar-refractivity contribution < 1.29 is 9.50 Å². The molecule has 232 valence electrons. The van der Waals surface area contributed by atoms with Gasteiger partial charge in [-0.05, 0) is 53.2 Å². The lowest BCUT2D eigenvalue weighted by Crippen LogP contribution is -2.31. The maximum Gasteiger partial charge on any atom is 0.187 e. The van der Waals surface area contributed by atoms with Gasteiger partial charge in [-0.25, -0.2) is 0 Å². The number of allylic oxidation sites excluding steroid dienone is 2. The summed E-state index contributed by atoms with van der Waals surface area (Å²) < 4.78 is 12.5. The first-order chi connectivity index (χ1) is 19.6. The first-order valence-corrected chi connectivity index (χ1v) is 14.8. The number of aryl methyl sites for hydroxylation is 1. The van der Waals surface area contributed by atoms with Crippen molar-refractivity contribution in [2.24, 2.45) is 17.2 Å². The van der Waals surface area contributed by atoms with E-state index in [0.29, 0.717) is 24.7 Å². The van der Waals surface area contributed by atoms with E-state index in [0.717, 1.165) is 23.1 Å². The third-order valence-corrected chi connectivity index (χ3v) is 5.62. The molecule has 3 rings (SSSR count). The number of dihydropyridines is 1. The molecule has 0 fully saturated rings.